The van der Waals surface area contributed by atoms with Gasteiger partial charge in [0, 0.05) is 0 Å². The standard InChI is InChI=1S/3C6H19N4Si.Al/c3*1-8(2)11(7,9(3)4)10(5)6;/h3*7H,1-6H3;/q3*-1;+3. The van der Waals surface area contributed by atoms with Crippen molar-refractivity contribution in [1.82, 2.24) is 53.0 Å². The summed E-state index contributed by atoms with van der Waals surface area (Å²) in [5.41, 5.74) is 0. The van der Waals surface area contributed by atoms with Crippen LogP contribution < -0.4 is 11.9 Å². The third-order valence-electron chi connectivity index (χ3n) is 6.63. The quantitative estimate of drug-likeness (QED) is 0.183. The van der Waals surface area contributed by atoms with Gasteiger partial charge in [-0.1, -0.05) is 0 Å². The van der Waals surface area contributed by atoms with Crippen LogP contribution in [0.25, 0.3) is 0 Å². The molecule has 0 saturated heterocycles. The SMILES string of the molecule is CN(C)[Si]([NH][Al]([NH][Si](N(C)C)(N(C)C)N(C)C)[NH][Si](N(C)C)(N(C)C)N(C)C)(N(C)C)N(C)C. The first kappa shape index (κ1) is 34.7. The van der Waals surface area contributed by atoms with Gasteiger partial charge in [0.05, 0.1) is 0 Å². The van der Waals surface area contributed by atoms with E-state index in [1.807, 2.05) is 0 Å². The highest BCUT2D eigenvalue weighted by Crippen LogP contribution is 2.15. The van der Waals surface area contributed by atoms with E-state index in [-0.39, 0.29) is 0 Å². The molecule has 0 aliphatic heterocycles. The van der Waals surface area contributed by atoms with E-state index in [0.29, 0.717) is 0 Å². The fourth-order valence-corrected chi connectivity index (χ4v) is 29.4. The number of hydrogen-bond donors (Lipinski definition) is 3. The van der Waals surface area contributed by atoms with Crippen molar-refractivity contribution in [2.75, 3.05) is 127 Å². The minimum Gasteiger partial charge on any atom is -0.356 e. The van der Waals surface area contributed by atoms with Gasteiger partial charge >= 0.3 is 41.0 Å². The molecule has 12 nitrogen and oxygen atoms in total. The van der Waals surface area contributed by atoms with Crippen molar-refractivity contribution < 1.29 is 0 Å². The average molecular weight is 553 g/mol. The molecule has 0 heterocycles. The van der Waals surface area contributed by atoms with Crippen molar-refractivity contribution in [3.63, 3.8) is 0 Å². The van der Waals surface area contributed by atoms with Gasteiger partial charge in [0.25, 0.3) is 0 Å². The monoisotopic (exact) mass is 552 g/mol. The number of nitrogens with zero attached hydrogens (tertiary/aromatic N) is 9. The van der Waals surface area contributed by atoms with Gasteiger partial charge in [0.2, 0.25) is 0 Å². The smallest absolute Gasteiger partial charge is 0.356 e. The van der Waals surface area contributed by atoms with Crippen molar-refractivity contribution in [3.8, 4) is 0 Å². The van der Waals surface area contributed by atoms with Crippen LogP contribution in [-0.4, -0.2) is 209 Å². The molecule has 0 bridgehead atoms. The fourth-order valence-electron chi connectivity index (χ4n) is 5.45. The predicted molar refractivity (Wildman–Crippen MR) is 156 cm³/mol. The first-order valence-electron chi connectivity index (χ1n) is 11.7. The number of nitrogens with one attached hydrogen (secondary N) is 3. The van der Waals surface area contributed by atoms with E-state index in [1.165, 1.54) is 0 Å². The maximum Gasteiger partial charge on any atom is 0.587 e. The maximum atomic E-state index is 4.25. The van der Waals surface area contributed by atoms with Gasteiger partial charge in [-0.25, -0.2) is 0 Å². The zero-order valence-electron chi connectivity index (χ0n) is 25.6. The molecule has 16 heteroatoms. The second kappa shape index (κ2) is 13.5. The van der Waals surface area contributed by atoms with Crippen LogP contribution in [0.1, 0.15) is 0 Å². The van der Waals surface area contributed by atoms with Crippen LogP contribution in [0.15, 0.2) is 0 Å². The topological polar surface area (TPSA) is 65.3 Å². The molecule has 0 fully saturated rings. The molecular formula is C18H57AlN12Si3. The molecule has 0 atom stereocenters. The van der Waals surface area contributed by atoms with Crippen LogP contribution >= 0.6 is 0 Å². The third kappa shape index (κ3) is 6.77. The Morgan fingerprint density at radius 1 is 0.294 bits per heavy atom. The van der Waals surface area contributed by atoms with Crippen molar-refractivity contribution in [2.45, 2.75) is 0 Å². The minimum atomic E-state index is -2.38. The number of hydrogen-bond acceptors (Lipinski definition) is 12. The zero-order chi connectivity index (χ0) is 27.4. The van der Waals surface area contributed by atoms with Gasteiger partial charge in [-0.15, -0.1) is 0 Å². The molecule has 0 aliphatic carbocycles. The summed E-state index contributed by atoms with van der Waals surface area (Å²) in [6.45, 7) is 0. The molecule has 0 radical (unpaired) electrons. The molecule has 0 aromatic carbocycles. The minimum absolute atomic E-state index is 2.05. The zero-order valence-corrected chi connectivity index (χ0v) is 29.8. The summed E-state index contributed by atoms with van der Waals surface area (Å²) in [5.74, 6) is 0. The van der Waals surface area contributed by atoms with E-state index in [4.69, 9.17) is 0 Å². The summed E-state index contributed by atoms with van der Waals surface area (Å²) in [6.07, 6.45) is 0. The van der Waals surface area contributed by atoms with Crippen LogP contribution in [0.5, 0.6) is 0 Å². The Bertz CT molecular complexity index is 459. The van der Waals surface area contributed by atoms with Crippen LogP contribution in [0.2, 0.25) is 0 Å². The third-order valence-corrected chi connectivity index (χ3v) is 26.0. The summed E-state index contributed by atoms with van der Waals surface area (Å²) in [6, 6.07) is 0. The summed E-state index contributed by atoms with van der Waals surface area (Å²) < 4.78 is 34.2. The second-order valence-electron chi connectivity index (χ2n) is 10.8. The van der Waals surface area contributed by atoms with Crippen molar-refractivity contribution in [2.24, 2.45) is 0 Å². The lowest BCUT2D eigenvalue weighted by Crippen LogP contribution is -2.93. The van der Waals surface area contributed by atoms with Crippen molar-refractivity contribution in [3.05, 3.63) is 0 Å². The fraction of sp³-hybridized carbons (Fsp3) is 1.00. The number of rotatable bonds is 15. The van der Waals surface area contributed by atoms with Crippen LogP contribution in [0, 0.1) is 0 Å². The molecule has 34 heavy (non-hydrogen) atoms. The Hall–Kier alpha value is 0.703. The summed E-state index contributed by atoms with van der Waals surface area (Å²) in [4.78, 5) is 0. The highest BCUT2D eigenvalue weighted by atomic mass is 28.4. The van der Waals surface area contributed by atoms with Crippen LogP contribution in [-0.2, 0) is 0 Å². The molecule has 0 rings (SSSR count). The van der Waals surface area contributed by atoms with E-state index < -0.39 is 41.0 Å². The molecule has 3 N–H and O–H groups in total. The van der Waals surface area contributed by atoms with E-state index in [0.717, 1.165) is 0 Å². The van der Waals surface area contributed by atoms with Gasteiger partial charge in [-0.3, -0.25) is 41.1 Å². The van der Waals surface area contributed by atoms with E-state index in [2.05, 4.69) is 180 Å². The summed E-state index contributed by atoms with van der Waals surface area (Å²) in [5, 5.41) is 0. The van der Waals surface area contributed by atoms with Gasteiger partial charge in [-0.2, -0.15) is 0 Å². The molecule has 0 spiro atoms. The van der Waals surface area contributed by atoms with Gasteiger partial charge < -0.3 is 11.9 Å². The second-order valence-corrected chi connectivity index (χ2v) is 27.0. The van der Waals surface area contributed by atoms with E-state index >= 15 is 0 Å². The predicted octanol–water partition coefficient (Wildman–Crippen LogP) is -2.90. The van der Waals surface area contributed by atoms with Gasteiger partial charge in [0.1, 0.15) is 0 Å². The lowest BCUT2D eigenvalue weighted by atomic mass is 11.2. The Kier molecular flexibility index (Phi) is 13.8. The molecule has 0 unspecified atom stereocenters. The highest BCUT2D eigenvalue weighted by molar-refractivity contribution is 6.90. The van der Waals surface area contributed by atoms with Crippen molar-refractivity contribution in [1.29, 1.82) is 0 Å². The Morgan fingerprint density at radius 2 is 0.412 bits per heavy atom. The molecule has 0 aromatic heterocycles. The maximum absolute atomic E-state index is 4.25. The van der Waals surface area contributed by atoms with Crippen LogP contribution in [0.3, 0.4) is 0 Å². The Morgan fingerprint density at radius 3 is 0.500 bits per heavy atom. The van der Waals surface area contributed by atoms with E-state index in [9.17, 15) is 0 Å². The summed E-state index contributed by atoms with van der Waals surface area (Å²) in [7, 11) is 32.3. The average Bonchev–Trinajstić information content (AvgIpc) is 2.64. The van der Waals surface area contributed by atoms with Gasteiger partial charge in [-0.05, 0) is 127 Å². The largest absolute Gasteiger partial charge is 0.587 e. The molecule has 0 amide bonds. The first-order valence-corrected chi connectivity index (χ1v) is 18.9. The van der Waals surface area contributed by atoms with Crippen molar-refractivity contribution >= 4 is 41.0 Å². The normalized spacial score (nSPS) is 14.6. The van der Waals surface area contributed by atoms with Crippen LogP contribution in [0.4, 0.5) is 0 Å². The summed E-state index contributed by atoms with van der Waals surface area (Å²) >= 11 is -2.05. The highest BCUT2D eigenvalue weighted by Gasteiger charge is 2.56. The Labute approximate surface area is 220 Å². The molecular weight excluding hydrogens is 496 g/mol. The molecule has 0 aliphatic rings. The first-order chi connectivity index (χ1) is 15.3. The molecule has 0 aromatic rings. The Balaban J connectivity index is 7.02. The van der Waals surface area contributed by atoms with E-state index in [1.54, 1.807) is 0 Å². The van der Waals surface area contributed by atoms with Gasteiger partial charge in [0.15, 0.2) is 0 Å². The molecule has 0 saturated carbocycles. The molecule has 204 valence electrons. The lowest BCUT2D eigenvalue weighted by Gasteiger charge is -2.54. The lowest BCUT2D eigenvalue weighted by molar-refractivity contribution is 0.355.